The first-order valence-electron chi connectivity index (χ1n) is 6.39. The number of amides is 1. The summed E-state index contributed by atoms with van der Waals surface area (Å²) in [6.07, 6.45) is 2.56. The molecule has 1 heterocycles. The van der Waals surface area contributed by atoms with E-state index in [0.717, 1.165) is 0 Å². The standard InChI is InChI=1S/C14H15N5O3/c1-19-13(15)10(7-16-14(19)22)8-17-18-12(21)6-9-4-2-3-5-11(9)20/h2-5,7-8,20H,6,15H2,1H3,(H,18,21)/b17-8+. The van der Waals surface area contributed by atoms with E-state index in [-0.39, 0.29) is 18.0 Å². The van der Waals surface area contributed by atoms with Gasteiger partial charge in [0, 0.05) is 18.8 Å². The van der Waals surface area contributed by atoms with Gasteiger partial charge in [0.05, 0.1) is 18.2 Å². The first-order valence-corrected chi connectivity index (χ1v) is 6.39. The molecular weight excluding hydrogens is 286 g/mol. The Morgan fingerprint density at radius 2 is 2.23 bits per heavy atom. The van der Waals surface area contributed by atoms with Crippen LogP contribution in [0.5, 0.6) is 5.75 Å². The van der Waals surface area contributed by atoms with E-state index >= 15 is 0 Å². The maximum atomic E-state index is 11.7. The van der Waals surface area contributed by atoms with Gasteiger partial charge in [-0.25, -0.2) is 15.2 Å². The molecule has 0 fully saturated rings. The molecule has 2 rings (SSSR count). The number of aromatic hydroxyl groups is 1. The molecule has 0 aliphatic carbocycles. The van der Waals surface area contributed by atoms with Gasteiger partial charge in [-0.2, -0.15) is 5.10 Å². The predicted octanol–water partition coefficient (Wildman–Crippen LogP) is -0.239. The van der Waals surface area contributed by atoms with Crippen LogP contribution in [0.3, 0.4) is 0 Å². The largest absolute Gasteiger partial charge is 0.508 e. The van der Waals surface area contributed by atoms with Crippen LogP contribution in [0.2, 0.25) is 0 Å². The molecule has 0 aliphatic rings. The van der Waals surface area contributed by atoms with Crippen molar-refractivity contribution >= 4 is 17.9 Å². The van der Waals surface area contributed by atoms with Gasteiger partial charge >= 0.3 is 5.69 Å². The van der Waals surface area contributed by atoms with Crippen molar-refractivity contribution in [3.63, 3.8) is 0 Å². The number of aromatic nitrogens is 2. The lowest BCUT2D eigenvalue weighted by Gasteiger charge is -2.05. The topological polar surface area (TPSA) is 123 Å². The molecule has 1 aromatic carbocycles. The Balaban J connectivity index is 2.01. The Morgan fingerprint density at radius 1 is 1.50 bits per heavy atom. The van der Waals surface area contributed by atoms with E-state index in [9.17, 15) is 14.7 Å². The third kappa shape index (κ3) is 3.48. The van der Waals surface area contributed by atoms with Crippen molar-refractivity contribution in [2.24, 2.45) is 12.1 Å². The van der Waals surface area contributed by atoms with Crippen LogP contribution in [0.15, 0.2) is 40.4 Å². The lowest BCUT2D eigenvalue weighted by molar-refractivity contribution is -0.120. The number of nitrogens with zero attached hydrogens (tertiary/aromatic N) is 3. The van der Waals surface area contributed by atoms with Gasteiger partial charge in [0.2, 0.25) is 5.91 Å². The zero-order valence-electron chi connectivity index (χ0n) is 11.9. The third-order valence-corrected chi connectivity index (χ3v) is 2.99. The number of phenolic OH excluding ortho intramolecular Hbond substituents is 1. The molecule has 22 heavy (non-hydrogen) atoms. The van der Waals surface area contributed by atoms with Crippen molar-refractivity contribution in [3.8, 4) is 5.75 Å². The van der Waals surface area contributed by atoms with Gasteiger partial charge in [0.15, 0.2) is 0 Å². The SMILES string of the molecule is Cn1c(N)c(/C=N/NC(=O)Cc2ccccc2O)cnc1=O. The maximum absolute atomic E-state index is 11.7. The van der Waals surface area contributed by atoms with Gasteiger partial charge in [0.25, 0.3) is 0 Å². The molecule has 0 spiro atoms. The maximum Gasteiger partial charge on any atom is 0.348 e. The molecule has 1 amide bonds. The summed E-state index contributed by atoms with van der Waals surface area (Å²) in [5.41, 5.74) is 8.48. The van der Waals surface area contributed by atoms with Gasteiger partial charge in [0.1, 0.15) is 11.6 Å². The second kappa shape index (κ2) is 6.53. The molecule has 1 aromatic heterocycles. The molecule has 0 saturated carbocycles. The fourth-order valence-corrected chi connectivity index (χ4v) is 1.72. The smallest absolute Gasteiger partial charge is 0.348 e. The second-order valence-corrected chi connectivity index (χ2v) is 4.54. The molecule has 0 unspecified atom stereocenters. The van der Waals surface area contributed by atoms with Crippen molar-refractivity contribution in [2.45, 2.75) is 6.42 Å². The van der Waals surface area contributed by atoms with Gasteiger partial charge in [-0.1, -0.05) is 18.2 Å². The highest BCUT2D eigenvalue weighted by Crippen LogP contribution is 2.15. The summed E-state index contributed by atoms with van der Waals surface area (Å²) in [6, 6.07) is 6.54. The number of phenols is 1. The highest BCUT2D eigenvalue weighted by Gasteiger charge is 2.06. The van der Waals surface area contributed by atoms with Crippen LogP contribution in [-0.2, 0) is 18.3 Å². The summed E-state index contributed by atoms with van der Waals surface area (Å²) in [7, 11) is 1.48. The van der Waals surface area contributed by atoms with E-state index in [1.807, 2.05) is 0 Å². The summed E-state index contributed by atoms with van der Waals surface area (Å²) >= 11 is 0. The number of carbonyl (C=O) groups is 1. The molecule has 0 saturated heterocycles. The van der Waals surface area contributed by atoms with Gasteiger partial charge in [-0.3, -0.25) is 9.36 Å². The van der Waals surface area contributed by atoms with E-state index in [1.165, 1.54) is 30.1 Å². The fourth-order valence-electron chi connectivity index (χ4n) is 1.72. The van der Waals surface area contributed by atoms with Crippen LogP contribution in [0.1, 0.15) is 11.1 Å². The molecule has 4 N–H and O–H groups in total. The van der Waals surface area contributed by atoms with Crippen LogP contribution < -0.4 is 16.8 Å². The van der Waals surface area contributed by atoms with E-state index in [1.54, 1.807) is 18.2 Å². The molecule has 8 nitrogen and oxygen atoms in total. The number of benzene rings is 1. The number of anilines is 1. The second-order valence-electron chi connectivity index (χ2n) is 4.54. The normalized spacial score (nSPS) is 10.8. The summed E-state index contributed by atoms with van der Waals surface area (Å²) in [4.78, 5) is 26.6. The summed E-state index contributed by atoms with van der Waals surface area (Å²) < 4.78 is 1.17. The van der Waals surface area contributed by atoms with E-state index < -0.39 is 11.6 Å². The molecule has 0 radical (unpaired) electrons. The number of nitrogens with two attached hydrogens (primary N) is 1. The van der Waals surface area contributed by atoms with Crippen molar-refractivity contribution in [1.29, 1.82) is 0 Å². The minimum absolute atomic E-state index is 0.00891. The number of hydrogen-bond acceptors (Lipinski definition) is 6. The minimum atomic E-state index is -0.474. The minimum Gasteiger partial charge on any atom is -0.508 e. The number of hydrogen-bond donors (Lipinski definition) is 3. The quantitative estimate of drug-likeness (QED) is 0.531. The number of para-hydroxylation sites is 1. The number of rotatable bonds is 4. The van der Waals surface area contributed by atoms with Gasteiger partial charge < -0.3 is 10.8 Å². The average Bonchev–Trinajstić information content (AvgIpc) is 2.50. The first kappa shape index (κ1) is 15.2. The Hall–Kier alpha value is -3.16. The zero-order chi connectivity index (χ0) is 16.1. The van der Waals surface area contributed by atoms with Crippen LogP contribution in [-0.4, -0.2) is 26.8 Å². The lowest BCUT2D eigenvalue weighted by Crippen LogP contribution is -2.24. The molecule has 0 atom stereocenters. The van der Waals surface area contributed by atoms with Gasteiger partial charge in [-0.15, -0.1) is 0 Å². The Labute approximate surface area is 125 Å². The van der Waals surface area contributed by atoms with Crippen LogP contribution in [0.4, 0.5) is 5.82 Å². The van der Waals surface area contributed by atoms with Crippen molar-refractivity contribution in [2.75, 3.05) is 5.73 Å². The number of nitrogen functional groups attached to an aromatic ring is 1. The Kier molecular flexibility index (Phi) is 4.52. The van der Waals surface area contributed by atoms with Crippen LogP contribution >= 0.6 is 0 Å². The predicted molar refractivity (Wildman–Crippen MR) is 81.4 cm³/mol. The lowest BCUT2D eigenvalue weighted by atomic mass is 10.1. The molecule has 8 heteroatoms. The summed E-state index contributed by atoms with van der Waals surface area (Å²) in [5.74, 6) is -0.152. The monoisotopic (exact) mass is 301 g/mol. The summed E-state index contributed by atoms with van der Waals surface area (Å²) in [6.45, 7) is 0. The first-order chi connectivity index (χ1) is 10.5. The number of carbonyl (C=O) groups excluding carboxylic acids is 1. The van der Waals surface area contributed by atoms with E-state index in [4.69, 9.17) is 5.73 Å². The van der Waals surface area contributed by atoms with E-state index in [0.29, 0.717) is 11.1 Å². The zero-order valence-corrected chi connectivity index (χ0v) is 11.9. The van der Waals surface area contributed by atoms with Crippen molar-refractivity contribution in [3.05, 3.63) is 52.1 Å². The average molecular weight is 301 g/mol. The van der Waals surface area contributed by atoms with E-state index in [2.05, 4.69) is 15.5 Å². The highest BCUT2D eigenvalue weighted by molar-refractivity contribution is 5.86. The Bertz CT molecular complexity index is 782. The van der Waals surface area contributed by atoms with Crippen molar-refractivity contribution < 1.29 is 9.90 Å². The molecule has 2 aromatic rings. The Morgan fingerprint density at radius 3 is 2.95 bits per heavy atom. The molecule has 0 bridgehead atoms. The fraction of sp³-hybridized carbons (Fsp3) is 0.143. The molecular formula is C14H15N5O3. The highest BCUT2D eigenvalue weighted by atomic mass is 16.3. The molecule has 0 aliphatic heterocycles. The number of nitrogens with one attached hydrogen (secondary N) is 1. The van der Waals surface area contributed by atoms with Gasteiger partial charge in [-0.05, 0) is 6.07 Å². The number of hydrazone groups is 1. The van der Waals surface area contributed by atoms with Crippen molar-refractivity contribution in [1.82, 2.24) is 15.0 Å². The van der Waals surface area contributed by atoms with Crippen LogP contribution in [0, 0.1) is 0 Å². The third-order valence-electron chi connectivity index (χ3n) is 2.99. The summed E-state index contributed by atoms with van der Waals surface area (Å²) in [5, 5.41) is 13.3. The van der Waals surface area contributed by atoms with Crippen LogP contribution in [0.25, 0.3) is 0 Å². The molecule has 114 valence electrons.